The lowest BCUT2D eigenvalue weighted by molar-refractivity contribution is 0.204. The Hall–Kier alpha value is -1.66. The molecule has 1 aliphatic heterocycles. The Balaban J connectivity index is 1.62. The van der Waals surface area contributed by atoms with E-state index in [1.165, 1.54) is 12.8 Å². The molecular formula is C14H19N3O3. The standard InChI is InChI=1S/C14H19N3O3/c18-8-2-5-11-4-1-7-17(11)10-13-15-14(20-16-13)12-6-3-9-19-12/h3,6,9,11,18H,1-2,4-5,7-8,10H2. The molecule has 2 aromatic heterocycles. The zero-order valence-corrected chi connectivity index (χ0v) is 11.4. The topological polar surface area (TPSA) is 75.5 Å². The lowest BCUT2D eigenvalue weighted by Gasteiger charge is -2.22. The van der Waals surface area contributed by atoms with Gasteiger partial charge in [-0.15, -0.1) is 0 Å². The largest absolute Gasteiger partial charge is 0.459 e. The summed E-state index contributed by atoms with van der Waals surface area (Å²) in [6.07, 6.45) is 5.84. The summed E-state index contributed by atoms with van der Waals surface area (Å²) in [5.41, 5.74) is 0. The van der Waals surface area contributed by atoms with Crippen LogP contribution in [0.4, 0.5) is 0 Å². The molecular weight excluding hydrogens is 258 g/mol. The Labute approximate surface area is 117 Å². The van der Waals surface area contributed by atoms with Gasteiger partial charge >= 0.3 is 0 Å². The number of aliphatic hydroxyl groups is 1. The Morgan fingerprint density at radius 3 is 3.20 bits per heavy atom. The van der Waals surface area contributed by atoms with Crippen LogP contribution in [0.5, 0.6) is 0 Å². The molecule has 6 heteroatoms. The molecule has 1 atom stereocenters. The van der Waals surface area contributed by atoms with Gasteiger partial charge in [0.25, 0.3) is 5.89 Å². The van der Waals surface area contributed by atoms with Gasteiger partial charge in [0.1, 0.15) is 0 Å². The van der Waals surface area contributed by atoms with E-state index in [0.717, 1.165) is 19.4 Å². The highest BCUT2D eigenvalue weighted by molar-refractivity contribution is 5.42. The van der Waals surface area contributed by atoms with Crippen molar-refractivity contribution in [2.45, 2.75) is 38.3 Å². The number of rotatable bonds is 6. The van der Waals surface area contributed by atoms with Crippen molar-refractivity contribution in [2.75, 3.05) is 13.2 Å². The van der Waals surface area contributed by atoms with E-state index >= 15 is 0 Å². The zero-order valence-electron chi connectivity index (χ0n) is 11.4. The predicted molar refractivity (Wildman–Crippen MR) is 71.8 cm³/mol. The molecule has 0 aromatic carbocycles. The van der Waals surface area contributed by atoms with Crippen molar-refractivity contribution in [3.63, 3.8) is 0 Å². The van der Waals surface area contributed by atoms with Gasteiger partial charge in [-0.3, -0.25) is 4.90 Å². The lowest BCUT2D eigenvalue weighted by Crippen LogP contribution is -2.29. The fourth-order valence-corrected chi connectivity index (χ4v) is 2.76. The third kappa shape index (κ3) is 2.91. The first-order chi connectivity index (χ1) is 9.86. The van der Waals surface area contributed by atoms with Gasteiger partial charge in [-0.25, -0.2) is 0 Å². The number of likely N-dealkylation sites (tertiary alicyclic amines) is 1. The Morgan fingerprint density at radius 1 is 1.45 bits per heavy atom. The molecule has 0 amide bonds. The predicted octanol–water partition coefficient (Wildman–Crippen LogP) is 2.07. The minimum Gasteiger partial charge on any atom is -0.459 e. The first-order valence-electron chi connectivity index (χ1n) is 7.08. The number of furan rings is 1. The average molecular weight is 277 g/mol. The summed E-state index contributed by atoms with van der Waals surface area (Å²) in [5, 5.41) is 13.0. The van der Waals surface area contributed by atoms with E-state index in [9.17, 15) is 0 Å². The summed E-state index contributed by atoms with van der Waals surface area (Å²) < 4.78 is 10.5. The summed E-state index contributed by atoms with van der Waals surface area (Å²) >= 11 is 0. The first-order valence-corrected chi connectivity index (χ1v) is 7.08. The van der Waals surface area contributed by atoms with Crippen LogP contribution in [0.15, 0.2) is 27.3 Å². The van der Waals surface area contributed by atoms with Crippen LogP contribution in [-0.4, -0.2) is 39.3 Å². The van der Waals surface area contributed by atoms with E-state index in [1.54, 1.807) is 18.4 Å². The van der Waals surface area contributed by atoms with Crippen LogP contribution in [0.1, 0.15) is 31.5 Å². The molecule has 20 heavy (non-hydrogen) atoms. The van der Waals surface area contributed by atoms with Gasteiger partial charge in [0.15, 0.2) is 11.6 Å². The number of hydrogen-bond acceptors (Lipinski definition) is 6. The molecule has 3 rings (SSSR count). The van der Waals surface area contributed by atoms with Crippen molar-refractivity contribution in [1.29, 1.82) is 0 Å². The maximum Gasteiger partial charge on any atom is 0.293 e. The van der Waals surface area contributed by atoms with Gasteiger partial charge in [0.2, 0.25) is 0 Å². The normalized spacial score (nSPS) is 19.8. The summed E-state index contributed by atoms with van der Waals surface area (Å²) in [6.45, 7) is 2.01. The van der Waals surface area contributed by atoms with Crippen LogP contribution in [0.3, 0.4) is 0 Å². The van der Waals surface area contributed by atoms with Crippen molar-refractivity contribution in [1.82, 2.24) is 15.0 Å². The van der Waals surface area contributed by atoms with Crippen LogP contribution in [0, 0.1) is 0 Å². The summed E-state index contributed by atoms with van der Waals surface area (Å²) in [5.74, 6) is 1.71. The van der Waals surface area contributed by atoms with Crippen molar-refractivity contribution < 1.29 is 14.0 Å². The van der Waals surface area contributed by atoms with Gasteiger partial charge in [0.05, 0.1) is 12.8 Å². The van der Waals surface area contributed by atoms with Gasteiger partial charge in [-0.1, -0.05) is 5.16 Å². The molecule has 0 bridgehead atoms. The Bertz CT molecular complexity index is 524. The first kappa shape index (κ1) is 13.3. The highest BCUT2D eigenvalue weighted by Gasteiger charge is 2.25. The monoisotopic (exact) mass is 277 g/mol. The summed E-state index contributed by atoms with van der Waals surface area (Å²) in [7, 11) is 0. The molecule has 1 N–H and O–H groups in total. The maximum absolute atomic E-state index is 8.94. The highest BCUT2D eigenvalue weighted by atomic mass is 16.5. The van der Waals surface area contributed by atoms with Crippen LogP contribution >= 0.6 is 0 Å². The summed E-state index contributed by atoms with van der Waals surface area (Å²) in [6, 6.07) is 4.12. The van der Waals surface area contributed by atoms with E-state index < -0.39 is 0 Å². The molecule has 0 aliphatic carbocycles. The van der Waals surface area contributed by atoms with Crippen LogP contribution < -0.4 is 0 Å². The van der Waals surface area contributed by atoms with Gasteiger partial charge in [0, 0.05) is 12.6 Å². The van der Waals surface area contributed by atoms with Crippen molar-refractivity contribution in [3.05, 3.63) is 24.2 Å². The fourth-order valence-electron chi connectivity index (χ4n) is 2.76. The van der Waals surface area contributed by atoms with Crippen molar-refractivity contribution in [3.8, 4) is 11.7 Å². The molecule has 1 saturated heterocycles. The van der Waals surface area contributed by atoms with E-state index in [0.29, 0.717) is 30.1 Å². The second kappa shape index (κ2) is 6.19. The number of aliphatic hydroxyl groups excluding tert-OH is 1. The van der Waals surface area contributed by atoms with E-state index in [-0.39, 0.29) is 6.61 Å². The third-order valence-corrected chi connectivity index (χ3v) is 3.74. The molecule has 108 valence electrons. The molecule has 1 fully saturated rings. The molecule has 1 unspecified atom stereocenters. The molecule has 1 aliphatic rings. The van der Waals surface area contributed by atoms with E-state index in [1.807, 2.05) is 0 Å². The zero-order chi connectivity index (χ0) is 13.8. The van der Waals surface area contributed by atoms with Crippen molar-refractivity contribution >= 4 is 0 Å². The quantitative estimate of drug-likeness (QED) is 0.871. The lowest BCUT2D eigenvalue weighted by atomic mass is 10.1. The van der Waals surface area contributed by atoms with Gasteiger partial charge in [-0.2, -0.15) is 4.98 Å². The molecule has 2 aromatic rings. The van der Waals surface area contributed by atoms with E-state index in [2.05, 4.69) is 15.0 Å². The van der Waals surface area contributed by atoms with Gasteiger partial charge < -0.3 is 14.0 Å². The second-order valence-electron chi connectivity index (χ2n) is 5.13. The average Bonchev–Trinajstić information content (AvgIpc) is 3.18. The van der Waals surface area contributed by atoms with E-state index in [4.69, 9.17) is 14.0 Å². The SMILES string of the molecule is OCCCC1CCCN1Cc1noc(-c2ccco2)n1. The van der Waals surface area contributed by atoms with Crippen molar-refractivity contribution in [2.24, 2.45) is 0 Å². The minimum atomic E-state index is 0.259. The number of nitrogens with zero attached hydrogens (tertiary/aromatic N) is 3. The Morgan fingerprint density at radius 2 is 2.40 bits per heavy atom. The molecule has 3 heterocycles. The molecule has 0 spiro atoms. The fraction of sp³-hybridized carbons (Fsp3) is 0.571. The van der Waals surface area contributed by atoms with Crippen LogP contribution in [0.2, 0.25) is 0 Å². The minimum absolute atomic E-state index is 0.259. The third-order valence-electron chi connectivity index (χ3n) is 3.74. The number of hydrogen-bond donors (Lipinski definition) is 1. The molecule has 6 nitrogen and oxygen atoms in total. The number of aromatic nitrogens is 2. The molecule has 0 saturated carbocycles. The van der Waals surface area contributed by atoms with Crippen LogP contribution in [0.25, 0.3) is 11.7 Å². The van der Waals surface area contributed by atoms with Crippen LogP contribution in [-0.2, 0) is 6.54 Å². The Kier molecular flexibility index (Phi) is 4.13. The van der Waals surface area contributed by atoms with Gasteiger partial charge in [-0.05, 0) is 44.4 Å². The highest BCUT2D eigenvalue weighted by Crippen LogP contribution is 2.24. The maximum atomic E-state index is 8.94. The smallest absolute Gasteiger partial charge is 0.293 e. The summed E-state index contributed by atoms with van der Waals surface area (Å²) in [4.78, 5) is 6.74. The second-order valence-corrected chi connectivity index (χ2v) is 5.13. The molecule has 0 radical (unpaired) electrons.